The van der Waals surface area contributed by atoms with Gasteiger partial charge in [-0.25, -0.2) is 14.8 Å². The number of imidazole rings is 1. The van der Waals surface area contributed by atoms with Gasteiger partial charge >= 0.3 is 6.09 Å². The summed E-state index contributed by atoms with van der Waals surface area (Å²) >= 11 is 0. The summed E-state index contributed by atoms with van der Waals surface area (Å²) in [5.41, 5.74) is 1.61. The molecule has 1 saturated heterocycles. The number of aromatic amines is 1. The van der Waals surface area contributed by atoms with Crippen LogP contribution in [0.15, 0.2) is 24.4 Å². The monoisotopic (exact) mass is 412 g/mol. The van der Waals surface area contributed by atoms with Crippen molar-refractivity contribution in [3.8, 4) is 11.5 Å². The van der Waals surface area contributed by atoms with Crippen LogP contribution < -0.4 is 10.6 Å². The summed E-state index contributed by atoms with van der Waals surface area (Å²) in [5, 5.41) is 6.88. The molecule has 1 atom stereocenters. The Morgan fingerprint density at radius 3 is 2.87 bits per heavy atom. The molecule has 1 saturated carbocycles. The third kappa shape index (κ3) is 5.50. The Balaban J connectivity index is 1.20. The van der Waals surface area contributed by atoms with Crippen LogP contribution in [0.3, 0.4) is 0 Å². The normalized spacial score (nSPS) is 19.2. The van der Waals surface area contributed by atoms with Crippen LogP contribution in [-0.2, 0) is 4.74 Å². The van der Waals surface area contributed by atoms with Crippen LogP contribution in [-0.4, -0.2) is 63.8 Å². The van der Waals surface area contributed by atoms with Crippen molar-refractivity contribution < 1.29 is 9.53 Å². The first-order valence-corrected chi connectivity index (χ1v) is 10.8. The molecule has 1 amide bonds. The van der Waals surface area contributed by atoms with E-state index in [4.69, 9.17) is 4.74 Å². The van der Waals surface area contributed by atoms with Crippen molar-refractivity contribution in [2.75, 3.05) is 31.5 Å². The number of carbonyl (C=O) groups excluding carboxylic acids is 1. The quantitative estimate of drug-likeness (QED) is 0.604. The molecule has 0 aromatic carbocycles. The number of hydrogen-bond acceptors (Lipinski definition) is 6. The maximum Gasteiger partial charge on any atom is 0.410 e. The lowest BCUT2D eigenvalue weighted by atomic mass is 10.2. The number of amides is 1. The van der Waals surface area contributed by atoms with Crippen molar-refractivity contribution in [1.82, 2.24) is 25.2 Å². The predicted molar refractivity (Wildman–Crippen MR) is 116 cm³/mol. The van der Waals surface area contributed by atoms with Gasteiger partial charge in [0.2, 0.25) is 0 Å². The summed E-state index contributed by atoms with van der Waals surface area (Å²) in [5.74, 6) is 2.31. The maximum atomic E-state index is 12.2. The van der Waals surface area contributed by atoms with Crippen molar-refractivity contribution in [3.63, 3.8) is 0 Å². The van der Waals surface area contributed by atoms with Crippen LogP contribution in [0.4, 0.5) is 10.6 Å². The molecule has 0 bridgehead atoms. The van der Waals surface area contributed by atoms with E-state index in [0.717, 1.165) is 43.4 Å². The van der Waals surface area contributed by atoms with E-state index in [9.17, 15) is 4.79 Å². The van der Waals surface area contributed by atoms with Gasteiger partial charge in [0, 0.05) is 50.0 Å². The van der Waals surface area contributed by atoms with E-state index < -0.39 is 5.60 Å². The number of ether oxygens (including phenoxy) is 1. The zero-order chi connectivity index (χ0) is 21.1. The second-order valence-electron chi connectivity index (χ2n) is 9.16. The zero-order valence-electron chi connectivity index (χ0n) is 18.1. The van der Waals surface area contributed by atoms with Crippen molar-refractivity contribution in [2.45, 2.75) is 57.6 Å². The number of H-pyrrole nitrogens is 1. The summed E-state index contributed by atoms with van der Waals surface area (Å²) in [6.45, 7) is 8.65. The molecule has 2 aliphatic rings. The van der Waals surface area contributed by atoms with Gasteiger partial charge in [0.05, 0.1) is 0 Å². The highest BCUT2D eigenvalue weighted by molar-refractivity contribution is 5.68. The first-order valence-electron chi connectivity index (χ1n) is 10.8. The third-order valence-electron chi connectivity index (χ3n) is 5.31. The van der Waals surface area contributed by atoms with Gasteiger partial charge < -0.3 is 25.3 Å². The minimum Gasteiger partial charge on any atom is -0.444 e. The van der Waals surface area contributed by atoms with E-state index in [1.807, 2.05) is 45.2 Å². The standard InChI is InChI=1S/C22H32N6O2/c1-22(2,3)30-21(29)28-12-9-16(14-28)23-10-11-24-19-6-4-5-17(26-19)20-25-13-18(27-20)15-7-8-15/h4-6,13,15-16,23H,7-12,14H2,1-3H3,(H,24,26)(H,25,27). The van der Waals surface area contributed by atoms with E-state index in [0.29, 0.717) is 18.5 Å². The smallest absolute Gasteiger partial charge is 0.410 e. The first kappa shape index (κ1) is 20.7. The van der Waals surface area contributed by atoms with Crippen LogP contribution in [0.2, 0.25) is 0 Å². The molecule has 162 valence electrons. The minimum atomic E-state index is -0.455. The molecular formula is C22H32N6O2. The molecule has 0 spiro atoms. The number of anilines is 1. The highest BCUT2D eigenvalue weighted by Crippen LogP contribution is 2.39. The molecule has 2 aromatic heterocycles. The second-order valence-corrected chi connectivity index (χ2v) is 9.16. The lowest BCUT2D eigenvalue weighted by Gasteiger charge is -2.24. The topological polar surface area (TPSA) is 95.2 Å². The molecule has 2 fully saturated rings. The first-order chi connectivity index (χ1) is 14.4. The highest BCUT2D eigenvalue weighted by atomic mass is 16.6. The summed E-state index contributed by atoms with van der Waals surface area (Å²) in [7, 11) is 0. The Labute approximate surface area is 177 Å². The predicted octanol–water partition coefficient (Wildman–Crippen LogP) is 3.36. The van der Waals surface area contributed by atoms with E-state index in [1.165, 1.54) is 18.5 Å². The maximum absolute atomic E-state index is 12.2. The SMILES string of the molecule is CC(C)(C)OC(=O)N1CCC(NCCNc2cccc(-c3ncc(C4CC4)[nH]3)n2)C1. The average molecular weight is 413 g/mol. The largest absolute Gasteiger partial charge is 0.444 e. The van der Waals surface area contributed by atoms with Crippen molar-refractivity contribution in [2.24, 2.45) is 0 Å². The van der Waals surface area contributed by atoms with E-state index in [2.05, 4.69) is 25.6 Å². The molecular weight excluding hydrogens is 380 g/mol. The van der Waals surface area contributed by atoms with Crippen LogP contribution in [0, 0.1) is 0 Å². The Hall–Kier alpha value is -2.61. The molecule has 3 heterocycles. The fourth-order valence-corrected chi connectivity index (χ4v) is 3.62. The van der Waals surface area contributed by atoms with Gasteiger partial charge in [0.15, 0.2) is 5.82 Å². The van der Waals surface area contributed by atoms with E-state index >= 15 is 0 Å². The lowest BCUT2D eigenvalue weighted by molar-refractivity contribution is 0.0291. The number of pyridine rings is 1. The fourth-order valence-electron chi connectivity index (χ4n) is 3.62. The highest BCUT2D eigenvalue weighted by Gasteiger charge is 2.29. The van der Waals surface area contributed by atoms with Gasteiger partial charge in [-0.05, 0) is 52.2 Å². The van der Waals surface area contributed by atoms with Gasteiger partial charge in [-0.1, -0.05) is 6.07 Å². The number of nitrogens with zero attached hydrogens (tertiary/aromatic N) is 3. The Bertz CT molecular complexity index is 871. The van der Waals surface area contributed by atoms with Gasteiger partial charge in [0.1, 0.15) is 17.1 Å². The number of nitrogens with one attached hydrogen (secondary N) is 3. The lowest BCUT2D eigenvalue weighted by Crippen LogP contribution is -2.39. The van der Waals surface area contributed by atoms with Crippen molar-refractivity contribution in [1.29, 1.82) is 0 Å². The number of carbonyl (C=O) groups is 1. The minimum absolute atomic E-state index is 0.228. The molecule has 1 aliphatic heterocycles. The Morgan fingerprint density at radius 2 is 2.10 bits per heavy atom. The van der Waals surface area contributed by atoms with Crippen LogP contribution in [0.5, 0.6) is 0 Å². The zero-order valence-corrected chi connectivity index (χ0v) is 18.1. The molecule has 8 nitrogen and oxygen atoms in total. The molecule has 4 rings (SSSR count). The molecule has 1 aliphatic carbocycles. The summed E-state index contributed by atoms with van der Waals surface area (Å²) in [6.07, 6.45) is 5.14. The Morgan fingerprint density at radius 1 is 1.27 bits per heavy atom. The van der Waals surface area contributed by atoms with Gasteiger partial charge in [-0.2, -0.15) is 0 Å². The second kappa shape index (κ2) is 8.63. The van der Waals surface area contributed by atoms with Crippen LogP contribution in [0.1, 0.15) is 51.6 Å². The fraction of sp³-hybridized carbons (Fsp3) is 0.591. The van der Waals surface area contributed by atoms with Crippen LogP contribution >= 0.6 is 0 Å². The summed E-state index contributed by atoms with van der Waals surface area (Å²) < 4.78 is 5.45. The Kier molecular flexibility index (Phi) is 5.94. The summed E-state index contributed by atoms with van der Waals surface area (Å²) in [4.78, 5) is 26.5. The molecule has 8 heteroatoms. The van der Waals surface area contributed by atoms with Gasteiger partial charge in [0.25, 0.3) is 0 Å². The van der Waals surface area contributed by atoms with Gasteiger partial charge in [-0.15, -0.1) is 0 Å². The van der Waals surface area contributed by atoms with Crippen molar-refractivity contribution in [3.05, 3.63) is 30.1 Å². The van der Waals surface area contributed by atoms with E-state index in [-0.39, 0.29) is 6.09 Å². The third-order valence-corrected chi connectivity index (χ3v) is 5.31. The van der Waals surface area contributed by atoms with Gasteiger partial charge in [-0.3, -0.25) is 0 Å². The summed E-state index contributed by atoms with van der Waals surface area (Å²) in [6, 6.07) is 6.23. The number of likely N-dealkylation sites (tertiary alicyclic amines) is 1. The molecule has 0 radical (unpaired) electrons. The van der Waals surface area contributed by atoms with E-state index in [1.54, 1.807) is 4.90 Å². The number of hydrogen-bond donors (Lipinski definition) is 3. The average Bonchev–Trinajstić information content (AvgIpc) is 3.24. The number of aromatic nitrogens is 3. The van der Waals surface area contributed by atoms with Crippen LogP contribution in [0.25, 0.3) is 11.5 Å². The molecule has 2 aromatic rings. The number of rotatable bonds is 7. The molecule has 1 unspecified atom stereocenters. The molecule has 30 heavy (non-hydrogen) atoms. The van der Waals surface area contributed by atoms with Crippen molar-refractivity contribution >= 4 is 11.9 Å². The molecule has 3 N–H and O–H groups in total.